The second kappa shape index (κ2) is 8.73. The normalized spacial score (nSPS) is 21.1. The zero-order valence-corrected chi connectivity index (χ0v) is 19.7. The highest BCUT2D eigenvalue weighted by Crippen LogP contribution is 2.37. The zero-order valence-electron chi connectivity index (χ0n) is 19.7. The smallest absolute Gasteiger partial charge is 0.399 e. The number of piperazine rings is 1. The van der Waals surface area contributed by atoms with E-state index in [0.717, 1.165) is 17.2 Å². The molecule has 10 heteroatoms. The van der Waals surface area contributed by atoms with E-state index in [4.69, 9.17) is 9.31 Å². The number of aliphatic hydroxyl groups excluding tert-OH is 1. The molecule has 2 saturated heterocycles. The Hall–Kier alpha value is -2.30. The SMILES string of the molecule is CC1(C)OB(c2ccc(N3CCN(c4cc(F)cc(C(O)C(F)(F)F)c4)CC3)cc2)OC1(C)C. The highest BCUT2D eigenvalue weighted by atomic mass is 19.4. The van der Waals surface area contributed by atoms with Crippen LogP contribution in [0, 0.1) is 5.82 Å². The standard InChI is InChI=1S/C24H29BF4N2O3/c1-22(2)23(3,4)34-25(33-22)17-5-7-19(8-6-17)30-9-11-31(12-10-30)20-14-16(13-18(26)15-20)21(32)24(27,28)29/h5-8,13-15,21,32H,9-12H2,1-4H3. The van der Waals surface area contributed by atoms with Crippen molar-refractivity contribution in [2.75, 3.05) is 36.0 Å². The first-order valence-electron chi connectivity index (χ1n) is 11.3. The summed E-state index contributed by atoms with van der Waals surface area (Å²) in [5, 5.41) is 9.52. The molecule has 2 aromatic rings. The summed E-state index contributed by atoms with van der Waals surface area (Å²) in [6.07, 6.45) is -7.57. The van der Waals surface area contributed by atoms with Gasteiger partial charge in [0.15, 0.2) is 6.10 Å². The van der Waals surface area contributed by atoms with Crippen LogP contribution in [0.4, 0.5) is 28.9 Å². The van der Waals surface area contributed by atoms with E-state index in [9.17, 15) is 22.7 Å². The molecule has 5 nitrogen and oxygen atoms in total. The van der Waals surface area contributed by atoms with Crippen LogP contribution in [0.1, 0.15) is 39.4 Å². The molecule has 184 valence electrons. The van der Waals surface area contributed by atoms with E-state index >= 15 is 0 Å². The summed E-state index contributed by atoms with van der Waals surface area (Å²) < 4.78 is 64.8. The molecule has 2 aliphatic heterocycles. The quantitative estimate of drug-likeness (QED) is 0.529. The van der Waals surface area contributed by atoms with Gasteiger partial charge in [-0.15, -0.1) is 0 Å². The van der Waals surface area contributed by atoms with Crippen molar-refractivity contribution in [2.24, 2.45) is 0 Å². The number of nitrogens with zero attached hydrogens (tertiary/aromatic N) is 2. The van der Waals surface area contributed by atoms with Crippen molar-refractivity contribution < 1.29 is 32.0 Å². The van der Waals surface area contributed by atoms with Crippen LogP contribution in [0.3, 0.4) is 0 Å². The minimum atomic E-state index is -4.85. The molecular weight excluding hydrogens is 451 g/mol. The van der Waals surface area contributed by atoms with E-state index in [1.54, 1.807) is 0 Å². The van der Waals surface area contributed by atoms with Crippen molar-refractivity contribution in [3.63, 3.8) is 0 Å². The maximum atomic E-state index is 14.0. The molecule has 0 bridgehead atoms. The Balaban J connectivity index is 1.41. The Morgan fingerprint density at radius 3 is 1.85 bits per heavy atom. The summed E-state index contributed by atoms with van der Waals surface area (Å²) in [7, 11) is -0.440. The predicted molar refractivity (Wildman–Crippen MR) is 124 cm³/mol. The molecule has 1 N–H and O–H groups in total. The Morgan fingerprint density at radius 2 is 1.35 bits per heavy atom. The Kier molecular flexibility index (Phi) is 6.37. The maximum absolute atomic E-state index is 14.0. The number of halogens is 4. The first kappa shape index (κ1) is 24.8. The van der Waals surface area contributed by atoms with Gasteiger partial charge in [0, 0.05) is 37.6 Å². The molecule has 0 saturated carbocycles. The van der Waals surface area contributed by atoms with E-state index < -0.39 is 42.0 Å². The fourth-order valence-corrected chi connectivity index (χ4v) is 4.17. The Bertz CT molecular complexity index is 1010. The number of benzene rings is 2. The monoisotopic (exact) mass is 480 g/mol. The van der Waals surface area contributed by atoms with E-state index in [2.05, 4.69) is 4.90 Å². The lowest BCUT2D eigenvalue weighted by molar-refractivity contribution is -0.206. The van der Waals surface area contributed by atoms with Crippen LogP contribution in [0.2, 0.25) is 0 Å². The lowest BCUT2D eigenvalue weighted by Crippen LogP contribution is -2.46. The van der Waals surface area contributed by atoms with Crippen molar-refractivity contribution in [3.05, 3.63) is 53.8 Å². The van der Waals surface area contributed by atoms with Gasteiger partial charge in [0.05, 0.1) is 11.2 Å². The summed E-state index contributed by atoms with van der Waals surface area (Å²) in [6, 6.07) is 11.1. The molecule has 0 spiro atoms. The summed E-state index contributed by atoms with van der Waals surface area (Å²) in [5.74, 6) is -0.809. The lowest BCUT2D eigenvalue weighted by Gasteiger charge is -2.37. The molecule has 0 radical (unpaired) electrons. The van der Waals surface area contributed by atoms with E-state index in [-0.39, 0.29) is 0 Å². The van der Waals surface area contributed by atoms with Gasteiger partial charge in [0.2, 0.25) is 0 Å². The second-order valence-corrected chi connectivity index (χ2v) is 9.84. The Morgan fingerprint density at radius 1 is 0.853 bits per heavy atom. The third-order valence-electron chi connectivity index (χ3n) is 6.96. The van der Waals surface area contributed by atoms with E-state index in [0.29, 0.717) is 31.9 Å². The van der Waals surface area contributed by atoms with Crippen molar-refractivity contribution >= 4 is 24.0 Å². The summed E-state index contributed by atoms with van der Waals surface area (Å²) in [4.78, 5) is 3.99. The molecule has 1 atom stereocenters. The number of aliphatic hydroxyl groups is 1. The number of alkyl halides is 3. The highest BCUT2D eigenvalue weighted by Gasteiger charge is 2.51. The molecule has 34 heavy (non-hydrogen) atoms. The van der Waals surface area contributed by atoms with Crippen LogP contribution in [-0.2, 0) is 9.31 Å². The van der Waals surface area contributed by atoms with Crippen LogP contribution >= 0.6 is 0 Å². The molecule has 1 unspecified atom stereocenters. The highest BCUT2D eigenvalue weighted by molar-refractivity contribution is 6.62. The van der Waals surface area contributed by atoms with Gasteiger partial charge < -0.3 is 24.2 Å². The zero-order chi connectivity index (χ0) is 24.9. The molecule has 4 rings (SSSR count). The summed E-state index contributed by atoms with van der Waals surface area (Å²) in [6.45, 7) is 10.3. The topological polar surface area (TPSA) is 45.2 Å². The van der Waals surface area contributed by atoms with Gasteiger partial charge in [0.1, 0.15) is 5.82 Å². The van der Waals surface area contributed by atoms with Crippen LogP contribution in [0.15, 0.2) is 42.5 Å². The van der Waals surface area contributed by atoms with Crippen LogP contribution in [0.5, 0.6) is 0 Å². The Labute approximate surface area is 197 Å². The molecular formula is C24H29BF4N2O3. The fraction of sp³-hybridized carbons (Fsp3) is 0.500. The second-order valence-electron chi connectivity index (χ2n) is 9.84. The van der Waals surface area contributed by atoms with Gasteiger partial charge in [0.25, 0.3) is 0 Å². The van der Waals surface area contributed by atoms with Gasteiger partial charge in [-0.1, -0.05) is 12.1 Å². The summed E-state index contributed by atoms with van der Waals surface area (Å²) >= 11 is 0. The lowest BCUT2D eigenvalue weighted by atomic mass is 9.79. The van der Waals surface area contributed by atoms with E-state index in [1.165, 1.54) is 12.1 Å². The fourth-order valence-electron chi connectivity index (χ4n) is 4.17. The predicted octanol–water partition coefficient (Wildman–Crippen LogP) is 4.05. The van der Waals surface area contributed by atoms with Gasteiger partial charge >= 0.3 is 13.3 Å². The minimum Gasteiger partial charge on any atom is -0.399 e. The molecule has 2 aliphatic rings. The van der Waals surface area contributed by atoms with Gasteiger partial charge in [-0.2, -0.15) is 13.2 Å². The average molecular weight is 480 g/mol. The van der Waals surface area contributed by atoms with Gasteiger partial charge in [-0.25, -0.2) is 4.39 Å². The van der Waals surface area contributed by atoms with Gasteiger partial charge in [-0.05, 0) is 69.1 Å². The largest absolute Gasteiger partial charge is 0.494 e. The molecule has 0 amide bonds. The molecule has 2 fully saturated rings. The first-order chi connectivity index (χ1) is 15.8. The van der Waals surface area contributed by atoms with Crippen molar-refractivity contribution in [2.45, 2.75) is 51.2 Å². The third kappa shape index (κ3) is 4.90. The average Bonchev–Trinajstić information content (AvgIpc) is 2.99. The number of hydrogen-bond acceptors (Lipinski definition) is 5. The van der Waals surface area contributed by atoms with Crippen LogP contribution < -0.4 is 15.3 Å². The summed E-state index contributed by atoms with van der Waals surface area (Å²) in [5.41, 5.74) is 0.931. The molecule has 2 heterocycles. The van der Waals surface area contributed by atoms with Gasteiger partial charge in [-0.3, -0.25) is 0 Å². The van der Waals surface area contributed by atoms with Crippen molar-refractivity contribution in [3.8, 4) is 0 Å². The third-order valence-corrected chi connectivity index (χ3v) is 6.96. The molecule has 0 aromatic heterocycles. The minimum absolute atomic E-state index is 0.328. The molecule has 2 aromatic carbocycles. The van der Waals surface area contributed by atoms with Crippen LogP contribution in [-0.4, -0.2) is 55.8 Å². The number of hydrogen-bond donors (Lipinski definition) is 1. The molecule has 0 aliphatic carbocycles. The number of rotatable bonds is 4. The van der Waals surface area contributed by atoms with Crippen molar-refractivity contribution in [1.82, 2.24) is 0 Å². The first-order valence-corrected chi connectivity index (χ1v) is 11.3. The maximum Gasteiger partial charge on any atom is 0.494 e. The van der Waals surface area contributed by atoms with E-state index in [1.807, 2.05) is 56.9 Å². The number of anilines is 2. The van der Waals surface area contributed by atoms with Crippen molar-refractivity contribution in [1.29, 1.82) is 0 Å². The van der Waals surface area contributed by atoms with Crippen LogP contribution in [0.25, 0.3) is 0 Å².